The lowest BCUT2D eigenvalue weighted by Gasteiger charge is -2.35. The summed E-state index contributed by atoms with van der Waals surface area (Å²) in [5.74, 6) is 0. The molecule has 1 aromatic carbocycles. The number of hydrogen-bond acceptors (Lipinski definition) is 2. The molecule has 1 atom stereocenters. The van der Waals surface area contributed by atoms with Gasteiger partial charge in [-0.05, 0) is 63.3 Å². The molecule has 18 heavy (non-hydrogen) atoms. The maximum atomic E-state index is 2.57. The Morgan fingerprint density at radius 1 is 0.833 bits per heavy atom. The Morgan fingerprint density at radius 3 is 2.11 bits per heavy atom. The Kier molecular flexibility index (Phi) is 3.44. The summed E-state index contributed by atoms with van der Waals surface area (Å²) in [5.41, 5.74) is 2.81. The van der Waals surface area contributed by atoms with E-state index in [1.807, 2.05) is 0 Å². The van der Waals surface area contributed by atoms with Gasteiger partial charge in [-0.2, -0.15) is 0 Å². The van der Waals surface area contributed by atoms with Crippen molar-refractivity contribution in [2.75, 3.05) is 29.4 Å². The van der Waals surface area contributed by atoms with Gasteiger partial charge in [-0.15, -0.1) is 0 Å². The fourth-order valence-electron chi connectivity index (χ4n) is 3.31. The molecule has 0 aromatic heterocycles. The molecular formula is C16H24N2. The van der Waals surface area contributed by atoms with Gasteiger partial charge in [-0.25, -0.2) is 0 Å². The van der Waals surface area contributed by atoms with Crippen LogP contribution in [0.3, 0.4) is 0 Å². The van der Waals surface area contributed by atoms with Crippen LogP contribution >= 0.6 is 0 Å². The third-order valence-electron chi connectivity index (χ3n) is 4.46. The molecule has 2 fully saturated rings. The molecule has 0 spiro atoms. The van der Waals surface area contributed by atoms with Gasteiger partial charge >= 0.3 is 0 Å². The zero-order valence-electron chi connectivity index (χ0n) is 11.4. The molecule has 3 rings (SSSR count). The van der Waals surface area contributed by atoms with E-state index in [1.165, 1.54) is 63.1 Å². The minimum absolute atomic E-state index is 0.705. The summed E-state index contributed by atoms with van der Waals surface area (Å²) in [6.07, 6.45) is 6.78. The average Bonchev–Trinajstić information content (AvgIpc) is 2.94. The predicted octanol–water partition coefficient (Wildman–Crippen LogP) is 3.67. The van der Waals surface area contributed by atoms with E-state index in [9.17, 15) is 0 Å². The molecular weight excluding hydrogens is 220 g/mol. The van der Waals surface area contributed by atoms with Gasteiger partial charge in [0.1, 0.15) is 0 Å². The van der Waals surface area contributed by atoms with Crippen LogP contribution in [0, 0.1) is 0 Å². The number of piperidine rings is 1. The number of nitrogens with zero attached hydrogens (tertiary/aromatic N) is 2. The second-order valence-electron chi connectivity index (χ2n) is 5.75. The molecule has 0 N–H and O–H groups in total. The third-order valence-corrected chi connectivity index (χ3v) is 4.46. The van der Waals surface area contributed by atoms with Gasteiger partial charge in [0.05, 0.1) is 0 Å². The Bertz CT molecular complexity index is 379. The summed E-state index contributed by atoms with van der Waals surface area (Å²) in [5, 5.41) is 0. The van der Waals surface area contributed by atoms with E-state index in [2.05, 4.69) is 41.0 Å². The van der Waals surface area contributed by atoms with Crippen molar-refractivity contribution in [3.05, 3.63) is 24.3 Å². The van der Waals surface area contributed by atoms with Crippen molar-refractivity contribution in [1.29, 1.82) is 0 Å². The van der Waals surface area contributed by atoms with Gasteiger partial charge in [0.25, 0.3) is 0 Å². The zero-order valence-corrected chi connectivity index (χ0v) is 11.4. The Morgan fingerprint density at radius 2 is 1.44 bits per heavy atom. The minimum Gasteiger partial charge on any atom is -0.372 e. The molecule has 1 unspecified atom stereocenters. The normalized spacial score (nSPS) is 24.6. The predicted molar refractivity (Wildman–Crippen MR) is 78.5 cm³/mol. The van der Waals surface area contributed by atoms with Gasteiger partial charge in [0, 0.05) is 37.1 Å². The van der Waals surface area contributed by atoms with Gasteiger partial charge in [0.15, 0.2) is 0 Å². The van der Waals surface area contributed by atoms with E-state index >= 15 is 0 Å². The zero-order chi connectivity index (χ0) is 12.4. The van der Waals surface area contributed by atoms with E-state index in [4.69, 9.17) is 0 Å². The van der Waals surface area contributed by atoms with Gasteiger partial charge in [-0.3, -0.25) is 0 Å². The van der Waals surface area contributed by atoms with Crippen LogP contribution in [0.2, 0.25) is 0 Å². The minimum atomic E-state index is 0.705. The SMILES string of the molecule is CC1CCCCN1c1ccc(N2CCCC2)cc1. The van der Waals surface area contributed by atoms with E-state index in [1.54, 1.807) is 0 Å². The first-order chi connectivity index (χ1) is 8.84. The van der Waals surface area contributed by atoms with Crippen LogP contribution in [-0.4, -0.2) is 25.7 Å². The van der Waals surface area contributed by atoms with Gasteiger partial charge in [-0.1, -0.05) is 0 Å². The molecule has 2 saturated heterocycles. The van der Waals surface area contributed by atoms with Crippen molar-refractivity contribution in [3.8, 4) is 0 Å². The first-order valence-electron chi connectivity index (χ1n) is 7.46. The molecule has 2 aliphatic rings. The van der Waals surface area contributed by atoms with Crippen molar-refractivity contribution in [1.82, 2.24) is 0 Å². The highest BCUT2D eigenvalue weighted by Gasteiger charge is 2.19. The molecule has 2 heterocycles. The van der Waals surface area contributed by atoms with E-state index in [0.717, 1.165) is 0 Å². The maximum Gasteiger partial charge on any atom is 0.0370 e. The summed E-state index contributed by atoms with van der Waals surface area (Å²) in [6.45, 7) is 6.05. The number of hydrogen-bond donors (Lipinski definition) is 0. The molecule has 0 saturated carbocycles. The van der Waals surface area contributed by atoms with Crippen LogP contribution in [0.4, 0.5) is 11.4 Å². The van der Waals surface area contributed by atoms with E-state index in [0.29, 0.717) is 6.04 Å². The summed E-state index contributed by atoms with van der Waals surface area (Å²) < 4.78 is 0. The molecule has 2 heteroatoms. The second kappa shape index (κ2) is 5.21. The van der Waals surface area contributed by atoms with Crippen molar-refractivity contribution in [2.24, 2.45) is 0 Å². The standard InChI is InChI=1S/C16H24N2/c1-14-6-2-3-13-18(14)16-9-7-15(8-10-16)17-11-4-5-12-17/h7-10,14H,2-6,11-13H2,1H3. The first kappa shape index (κ1) is 11.9. The van der Waals surface area contributed by atoms with Crippen molar-refractivity contribution >= 4 is 11.4 Å². The summed E-state index contributed by atoms with van der Waals surface area (Å²) >= 11 is 0. The topological polar surface area (TPSA) is 6.48 Å². The summed E-state index contributed by atoms with van der Waals surface area (Å²) in [6, 6.07) is 9.95. The average molecular weight is 244 g/mol. The van der Waals surface area contributed by atoms with Crippen LogP contribution in [0.15, 0.2) is 24.3 Å². The summed E-state index contributed by atoms with van der Waals surface area (Å²) in [4.78, 5) is 5.07. The van der Waals surface area contributed by atoms with Crippen LogP contribution in [0.5, 0.6) is 0 Å². The lowest BCUT2D eigenvalue weighted by atomic mass is 10.0. The maximum absolute atomic E-state index is 2.57. The van der Waals surface area contributed by atoms with Crippen molar-refractivity contribution in [2.45, 2.75) is 45.1 Å². The van der Waals surface area contributed by atoms with E-state index < -0.39 is 0 Å². The molecule has 2 nitrogen and oxygen atoms in total. The Hall–Kier alpha value is -1.18. The van der Waals surface area contributed by atoms with Crippen LogP contribution < -0.4 is 9.80 Å². The molecule has 1 aromatic rings. The first-order valence-corrected chi connectivity index (χ1v) is 7.46. The number of rotatable bonds is 2. The number of anilines is 2. The highest BCUT2D eigenvalue weighted by Crippen LogP contribution is 2.27. The summed E-state index contributed by atoms with van der Waals surface area (Å²) in [7, 11) is 0. The number of benzene rings is 1. The quantitative estimate of drug-likeness (QED) is 0.783. The van der Waals surface area contributed by atoms with Crippen LogP contribution in [0.25, 0.3) is 0 Å². The smallest absolute Gasteiger partial charge is 0.0370 e. The monoisotopic (exact) mass is 244 g/mol. The largest absolute Gasteiger partial charge is 0.372 e. The Labute approximate surface area is 111 Å². The molecule has 0 radical (unpaired) electrons. The molecule has 98 valence electrons. The van der Waals surface area contributed by atoms with Gasteiger partial charge < -0.3 is 9.80 Å². The third kappa shape index (κ3) is 2.33. The molecule has 0 amide bonds. The van der Waals surface area contributed by atoms with E-state index in [-0.39, 0.29) is 0 Å². The molecule has 2 aliphatic heterocycles. The molecule has 0 aliphatic carbocycles. The fourth-order valence-corrected chi connectivity index (χ4v) is 3.31. The lowest BCUT2D eigenvalue weighted by molar-refractivity contribution is 0.485. The second-order valence-corrected chi connectivity index (χ2v) is 5.75. The van der Waals surface area contributed by atoms with Crippen molar-refractivity contribution < 1.29 is 0 Å². The highest BCUT2D eigenvalue weighted by molar-refractivity contribution is 5.57. The van der Waals surface area contributed by atoms with Crippen molar-refractivity contribution in [3.63, 3.8) is 0 Å². The Balaban J connectivity index is 1.73. The van der Waals surface area contributed by atoms with Crippen LogP contribution in [0.1, 0.15) is 39.0 Å². The molecule has 0 bridgehead atoms. The highest BCUT2D eigenvalue weighted by atomic mass is 15.2. The van der Waals surface area contributed by atoms with Gasteiger partial charge in [0.2, 0.25) is 0 Å². The lowest BCUT2D eigenvalue weighted by Crippen LogP contribution is -2.37. The fraction of sp³-hybridized carbons (Fsp3) is 0.625. The van der Waals surface area contributed by atoms with Crippen LogP contribution in [-0.2, 0) is 0 Å².